The third-order valence-electron chi connectivity index (χ3n) is 6.75. The van der Waals surface area contributed by atoms with E-state index in [1.165, 1.54) is 0 Å². The molecule has 3 heterocycles. The minimum Gasteiger partial charge on any atom is -0.434 e. The average Bonchev–Trinajstić information content (AvgIpc) is 3.09. The fraction of sp³-hybridized carbons (Fsp3) is 0.462. The Morgan fingerprint density at radius 2 is 1.94 bits per heavy atom. The molecule has 3 aromatic rings. The molecule has 1 aromatic heterocycles. The summed E-state index contributed by atoms with van der Waals surface area (Å²) in [5.74, 6) is 0.109. The highest BCUT2D eigenvalue weighted by Crippen LogP contribution is 2.45. The summed E-state index contributed by atoms with van der Waals surface area (Å²) in [6.07, 6.45) is 0.741. The topological polar surface area (TPSA) is 52.3 Å². The number of halogens is 3. The van der Waals surface area contributed by atoms with E-state index in [1.54, 1.807) is 19.9 Å². The Bertz CT molecular complexity index is 1170. The van der Waals surface area contributed by atoms with Gasteiger partial charge in [-0.05, 0) is 44.9 Å². The smallest absolute Gasteiger partial charge is 0.387 e. The molecular formula is C26H31F3N4O. The molecule has 3 N–H and O–H groups in total. The number of nitrogens with one attached hydrogen (secondary N) is 3. The molecule has 0 bridgehead atoms. The number of hydrogen-bond donors (Lipinski definition) is 3. The van der Waals surface area contributed by atoms with Gasteiger partial charge < -0.3 is 20.4 Å². The van der Waals surface area contributed by atoms with Crippen molar-refractivity contribution >= 4 is 16.6 Å². The van der Waals surface area contributed by atoms with E-state index >= 15 is 0 Å². The lowest BCUT2D eigenvalue weighted by molar-refractivity contribution is -0.0514. The van der Waals surface area contributed by atoms with Gasteiger partial charge >= 0.3 is 6.61 Å². The van der Waals surface area contributed by atoms with Crippen LogP contribution in [0.5, 0.6) is 5.75 Å². The molecule has 1 saturated heterocycles. The Morgan fingerprint density at radius 3 is 2.62 bits per heavy atom. The number of para-hydroxylation sites is 1. The number of rotatable bonds is 7. The van der Waals surface area contributed by atoms with Crippen LogP contribution in [0.4, 0.5) is 18.9 Å². The van der Waals surface area contributed by atoms with E-state index in [2.05, 4.69) is 33.5 Å². The minimum absolute atomic E-state index is 0.00461. The molecule has 5 nitrogen and oxygen atoms in total. The van der Waals surface area contributed by atoms with Gasteiger partial charge in [0.15, 0.2) is 0 Å². The maximum Gasteiger partial charge on any atom is 0.387 e. The van der Waals surface area contributed by atoms with Crippen LogP contribution in [0.3, 0.4) is 0 Å². The number of benzene rings is 2. The van der Waals surface area contributed by atoms with Crippen molar-refractivity contribution in [1.82, 2.24) is 15.2 Å². The SMILES string of the molecule is C[C@@H]1Cc2c([nH]c3ccccc23)[C@@H](c2ccc(NC3CNC3)cc2OC(F)F)N1CC(C)(C)F. The normalized spacial score (nSPS) is 21.5. The third-order valence-corrected chi connectivity index (χ3v) is 6.75. The second kappa shape index (κ2) is 8.82. The van der Waals surface area contributed by atoms with Gasteiger partial charge in [-0.3, -0.25) is 4.90 Å². The first-order valence-corrected chi connectivity index (χ1v) is 11.8. The van der Waals surface area contributed by atoms with Crippen LogP contribution in [0.15, 0.2) is 42.5 Å². The van der Waals surface area contributed by atoms with Crippen molar-refractivity contribution in [3.05, 3.63) is 59.3 Å². The summed E-state index contributed by atoms with van der Waals surface area (Å²) >= 11 is 0. The molecule has 0 radical (unpaired) electrons. The van der Waals surface area contributed by atoms with Crippen LogP contribution < -0.4 is 15.4 Å². The predicted molar refractivity (Wildman–Crippen MR) is 129 cm³/mol. The molecule has 0 aliphatic carbocycles. The fourth-order valence-corrected chi connectivity index (χ4v) is 5.20. The number of hydrogen-bond acceptors (Lipinski definition) is 4. The Morgan fingerprint density at radius 1 is 1.18 bits per heavy atom. The molecule has 5 rings (SSSR count). The highest BCUT2D eigenvalue weighted by atomic mass is 19.3. The summed E-state index contributed by atoms with van der Waals surface area (Å²) in [5, 5.41) is 7.65. The van der Waals surface area contributed by atoms with Crippen LogP contribution in [0.25, 0.3) is 10.9 Å². The van der Waals surface area contributed by atoms with Gasteiger partial charge in [-0.2, -0.15) is 8.78 Å². The van der Waals surface area contributed by atoms with Gasteiger partial charge in [-0.25, -0.2) is 4.39 Å². The number of nitrogens with zero attached hydrogens (tertiary/aromatic N) is 1. The van der Waals surface area contributed by atoms with Crippen LogP contribution in [0.1, 0.15) is 43.6 Å². The summed E-state index contributed by atoms with van der Waals surface area (Å²) in [4.78, 5) is 5.58. The van der Waals surface area contributed by atoms with Crippen molar-refractivity contribution < 1.29 is 17.9 Å². The van der Waals surface area contributed by atoms with Gasteiger partial charge in [-0.1, -0.05) is 24.3 Å². The summed E-state index contributed by atoms with van der Waals surface area (Å²) in [7, 11) is 0. The lowest BCUT2D eigenvalue weighted by Gasteiger charge is -2.43. The molecule has 0 unspecified atom stereocenters. The molecule has 2 aliphatic rings. The Kier molecular flexibility index (Phi) is 5.98. The predicted octanol–water partition coefficient (Wildman–Crippen LogP) is 5.24. The molecule has 2 aliphatic heterocycles. The molecular weight excluding hydrogens is 441 g/mol. The van der Waals surface area contributed by atoms with Crippen molar-refractivity contribution in [3.63, 3.8) is 0 Å². The molecule has 0 saturated carbocycles. The molecule has 2 aromatic carbocycles. The molecule has 0 amide bonds. The highest BCUT2D eigenvalue weighted by molar-refractivity contribution is 5.85. The first kappa shape index (κ1) is 23.1. The van der Waals surface area contributed by atoms with Crippen molar-refractivity contribution in [1.29, 1.82) is 0 Å². The molecule has 0 spiro atoms. The van der Waals surface area contributed by atoms with Gasteiger partial charge in [0, 0.05) is 59.6 Å². The van der Waals surface area contributed by atoms with Crippen LogP contribution in [-0.4, -0.2) is 53.9 Å². The second-order valence-electron chi connectivity index (χ2n) is 10.0. The van der Waals surface area contributed by atoms with Crippen molar-refractivity contribution in [2.24, 2.45) is 0 Å². The van der Waals surface area contributed by atoms with E-state index in [4.69, 9.17) is 4.74 Å². The fourth-order valence-electron chi connectivity index (χ4n) is 5.20. The van der Waals surface area contributed by atoms with Gasteiger partial charge in [0.2, 0.25) is 0 Å². The zero-order valence-corrected chi connectivity index (χ0v) is 19.7. The van der Waals surface area contributed by atoms with E-state index in [1.807, 2.05) is 30.3 Å². The summed E-state index contributed by atoms with van der Waals surface area (Å²) in [5.41, 5.74) is 2.90. The second-order valence-corrected chi connectivity index (χ2v) is 10.0. The first-order valence-electron chi connectivity index (χ1n) is 11.8. The van der Waals surface area contributed by atoms with Gasteiger partial charge in [0.1, 0.15) is 11.4 Å². The monoisotopic (exact) mass is 472 g/mol. The number of fused-ring (bicyclic) bond motifs is 3. The molecule has 182 valence electrons. The Labute approximate surface area is 197 Å². The lowest BCUT2D eigenvalue weighted by Crippen LogP contribution is -2.51. The van der Waals surface area contributed by atoms with Gasteiger partial charge in [0.05, 0.1) is 12.1 Å². The summed E-state index contributed by atoms with van der Waals surface area (Å²) < 4.78 is 47.0. The van der Waals surface area contributed by atoms with Crippen LogP contribution >= 0.6 is 0 Å². The molecule has 34 heavy (non-hydrogen) atoms. The van der Waals surface area contributed by atoms with Crippen molar-refractivity contribution in [2.75, 3.05) is 25.0 Å². The van der Waals surface area contributed by atoms with E-state index < -0.39 is 18.3 Å². The maximum atomic E-state index is 15.0. The largest absolute Gasteiger partial charge is 0.434 e. The van der Waals surface area contributed by atoms with Gasteiger partial charge in [0.25, 0.3) is 0 Å². The first-order chi connectivity index (χ1) is 16.2. The van der Waals surface area contributed by atoms with E-state index in [0.29, 0.717) is 5.56 Å². The minimum atomic E-state index is -2.96. The van der Waals surface area contributed by atoms with Crippen LogP contribution in [-0.2, 0) is 6.42 Å². The van der Waals surface area contributed by atoms with E-state index in [0.717, 1.165) is 47.4 Å². The zero-order valence-electron chi connectivity index (χ0n) is 19.7. The Hall–Kier alpha value is -2.71. The van der Waals surface area contributed by atoms with E-state index in [-0.39, 0.29) is 24.4 Å². The Balaban J connectivity index is 1.65. The number of aromatic nitrogens is 1. The quantitative estimate of drug-likeness (QED) is 0.440. The van der Waals surface area contributed by atoms with Gasteiger partial charge in [-0.15, -0.1) is 0 Å². The standard InChI is InChI=1S/C26H31F3N4O/c1-15-10-20-18-6-4-5-7-21(18)32-23(20)24(33(15)14-26(2,3)29)19-9-8-16(31-17-12-30-13-17)11-22(19)34-25(27)28/h4-9,11,15,17,24-25,30-32H,10,12-14H2,1-3H3/t15-,24-/m1/s1. The number of H-pyrrole nitrogens is 1. The number of ether oxygens (including phenoxy) is 1. The van der Waals surface area contributed by atoms with E-state index in [9.17, 15) is 13.2 Å². The molecule has 1 fully saturated rings. The average molecular weight is 473 g/mol. The molecule has 8 heteroatoms. The summed E-state index contributed by atoms with van der Waals surface area (Å²) in [6.45, 7) is 4.01. The highest BCUT2D eigenvalue weighted by Gasteiger charge is 2.40. The summed E-state index contributed by atoms with van der Waals surface area (Å²) in [6, 6.07) is 13.2. The number of anilines is 1. The lowest BCUT2D eigenvalue weighted by atomic mass is 9.87. The van der Waals surface area contributed by atoms with Crippen molar-refractivity contribution in [2.45, 2.75) is 57.6 Å². The maximum absolute atomic E-state index is 15.0. The zero-order chi connectivity index (χ0) is 24.0. The van der Waals surface area contributed by atoms with Crippen molar-refractivity contribution in [3.8, 4) is 5.75 Å². The third kappa shape index (κ3) is 4.49. The number of aromatic amines is 1. The molecule has 2 atom stereocenters. The van der Waals surface area contributed by atoms with Crippen LogP contribution in [0, 0.1) is 0 Å². The van der Waals surface area contributed by atoms with Crippen LogP contribution in [0.2, 0.25) is 0 Å². The number of alkyl halides is 3.